The molecular formula is C15H15FO2S. The van der Waals surface area contributed by atoms with Crippen LogP contribution in [0.2, 0.25) is 0 Å². The van der Waals surface area contributed by atoms with Crippen LogP contribution < -0.4 is 4.74 Å². The van der Waals surface area contributed by atoms with Gasteiger partial charge in [0, 0.05) is 15.3 Å². The third kappa shape index (κ3) is 3.20. The number of ether oxygens (including phenoxy) is 1. The summed E-state index contributed by atoms with van der Waals surface area (Å²) in [7, 11) is 0. The molecule has 2 nitrogen and oxygen atoms in total. The van der Waals surface area contributed by atoms with Crippen molar-refractivity contribution >= 4 is 17.1 Å². The van der Waals surface area contributed by atoms with Crippen molar-refractivity contribution in [2.45, 2.75) is 20.8 Å². The van der Waals surface area contributed by atoms with Gasteiger partial charge in [-0.25, -0.2) is 4.39 Å². The van der Waals surface area contributed by atoms with Crippen molar-refractivity contribution in [3.8, 4) is 5.75 Å². The second-order valence-corrected chi connectivity index (χ2v) is 5.93. The van der Waals surface area contributed by atoms with Crippen LogP contribution in [0.3, 0.4) is 0 Å². The lowest BCUT2D eigenvalue weighted by molar-refractivity contribution is 0.0918. The van der Waals surface area contributed by atoms with E-state index in [9.17, 15) is 9.18 Å². The lowest BCUT2D eigenvalue weighted by Gasteiger charge is -2.07. The predicted molar refractivity (Wildman–Crippen MR) is 74.8 cm³/mol. The van der Waals surface area contributed by atoms with Gasteiger partial charge in [-0.2, -0.15) is 0 Å². The van der Waals surface area contributed by atoms with Crippen molar-refractivity contribution in [3.63, 3.8) is 0 Å². The van der Waals surface area contributed by atoms with Crippen LogP contribution in [0, 0.1) is 26.6 Å². The van der Waals surface area contributed by atoms with Gasteiger partial charge < -0.3 is 4.74 Å². The van der Waals surface area contributed by atoms with E-state index < -0.39 is 5.82 Å². The highest BCUT2D eigenvalue weighted by Crippen LogP contribution is 2.22. The van der Waals surface area contributed by atoms with Crippen molar-refractivity contribution in [2.75, 3.05) is 6.61 Å². The number of carbonyl (C=O) groups excluding carboxylic acids is 1. The maximum Gasteiger partial charge on any atom is 0.201 e. The highest BCUT2D eigenvalue weighted by Gasteiger charge is 2.13. The van der Waals surface area contributed by atoms with Gasteiger partial charge in [-0.3, -0.25) is 4.79 Å². The van der Waals surface area contributed by atoms with Crippen LogP contribution in [-0.2, 0) is 0 Å². The summed E-state index contributed by atoms with van der Waals surface area (Å²) < 4.78 is 18.7. The first-order valence-corrected chi connectivity index (χ1v) is 6.78. The van der Waals surface area contributed by atoms with Gasteiger partial charge in [0.2, 0.25) is 5.78 Å². The summed E-state index contributed by atoms with van der Waals surface area (Å²) in [6, 6.07) is 6.44. The lowest BCUT2D eigenvalue weighted by atomic mass is 10.2. The summed E-state index contributed by atoms with van der Waals surface area (Å²) in [4.78, 5) is 14.1. The molecule has 0 unspecified atom stereocenters. The molecule has 19 heavy (non-hydrogen) atoms. The maximum absolute atomic E-state index is 13.5. The van der Waals surface area contributed by atoms with E-state index in [0.29, 0.717) is 5.56 Å². The monoisotopic (exact) mass is 278 g/mol. The van der Waals surface area contributed by atoms with Crippen molar-refractivity contribution in [2.24, 2.45) is 0 Å². The lowest BCUT2D eigenvalue weighted by Crippen LogP contribution is -2.12. The molecule has 0 saturated carbocycles. The highest BCUT2D eigenvalue weighted by atomic mass is 32.1. The molecule has 0 N–H and O–H groups in total. The van der Waals surface area contributed by atoms with Gasteiger partial charge in [0.1, 0.15) is 0 Å². The summed E-state index contributed by atoms with van der Waals surface area (Å²) in [6.45, 7) is 5.56. The van der Waals surface area contributed by atoms with Crippen LogP contribution in [0.15, 0.2) is 24.3 Å². The number of halogens is 1. The van der Waals surface area contributed by atoms with Gasteiger partial charge in [0.25, 0.3) is 0 Å². The molecule has 1 aromatic carbocycles. The molecular weight excluding hydrogens is 263 g/mol. The van der Waals surface area contributed by atoms with Gasteiger partial charge in [-0.1, -0.05) is 6.07 Å². The van der Waals surface area contributed by atoms with E-state index in [1.807, 2.05) is 26.8 Å². The summed E-state index contributed by atoms with van der Waals surface area (Å²) in [5.74, 6) is -0.447. The summed E-state index contributed by atoms with van der Waals surface area (Å²) in [5, 5.41) is 0. The van der Waals surface area contributed by atoms with Crippen LogP contribution >= 0.6 is 11.3 Å². The number of carbonyl (C=O) groups is 1. The molecule has 4 heteroatoms. The van der Waals surface area contributed by atoms with E-state index >= 15 is 0 Å². The van der Waals surface area contributed by atoms with Crippen molar-refractivity contribution in [1.82, 2.24) is 0 Å². The molecule has 2 aromatic rings. The summed E-state index contributed by atoms with van der Waals surface area (Å²) >= 11 is 1.57. The molecule has 1 heterocycles. The van der Waals surface area contributed by atoms with Crippen molar-refractivity contribution in [1.29, 1.82) is 0 Å². The van der Waals surface area contributed by atoms with E-state index in [1.165, 1.54) is 6.07 Å². The summed E-state index contributed by atoms with van der Waals surface area (Å²) in [6.07, 6.45) is 0. The number of hydrogen-bond acceptors (Lipinski definition) is 3. The van der Waals surface area contributed by atoms with Gasteiger partial charge >= 0.3 is 0 Å². The molecule has 0 aliphatic carbocycles. The topological polar surface area (TPSA) is 26.3 Å². The Kier molecular flexibility index (Phi) is 4.00. The Hall–Kier alpha value is -1.68. The molecule has 2 rings (SSSR count). The number of ketones is 1. The molecule has 0 aliphatic rings. The fraction of sp³-hybridized carbons (Fsp3) is 0.267. The number of thiophene rings is 1. The maximum atomic E-state index is 13.5. The normalized spacial score (nSPS) is 10.5. The number of rotatable bonds is 4. The van der Waals surface area contributed by atoms with Crippen LogP contribution in [0.1, 0.15) is 25.7 Å². The number of hydrogen-bond donors (Lipinski definition) is 0. The molecule has 0 amide bonds. The standard InChI is InChI=1S/C15H15FO2S/c1-9-4-5-13(16)15(6-9)18-8-14(17)12-7-10(2)19-11(12)3/h4-7H,8H2,1-3H3. The second-order valence-electron chi connectivity index (χ2n) is 4.47. The van der Waals surface area contributed by atoms with Crippen LogP contribution in [0.25, 0.3) is 0 Å². The fourth-order valence-electron chi connectivity index (χ4n) is 1.85. The fourth-order valence-corrected chi connectivity index (χ4v) is 2.79. The van der Waals surface area contributed by atoms with Crippen molar-refractivity contribution < 1.29 is 13.9 Å². The predicted octanol–water partition coefficient (Wildman–Crippen LogP) is 4.07. The molecule has 0 radical (unpaired) electrons. The molecule has 0 atom stereocenters. The van der Waals surface area contributed by atoms with Gasteiger partial charge in [-0.15, -0.1) is 11.3 Å². The zero-order valence-corrected chi connectivity index (χ0v) is 11.9. The Morgan fingerprint density at radius 3 is 2.63 bits per heavy atom. The highest BCUT2D eigenvalue weighted by molar-refractivity contribution is 7.12. The molecule has 0 fully saturated rings. The van der Waals surface area contributed by atoms with E-state index in [-0.39, 0.29) is 18.1 Å². The zero-order chi connectivity index (χ0) is 14.0. The molecule has 0 bridgehead atoms. The Morgan fingerprint density at radius 1 is 1.26 bits per heavy atom. The molecule has 0 spiro atoms. The third-order valence-electron chi connectivity index (χ3n) is 2.79. The Bertz CT molecular complexity index is 617. The van der Waals surface area contributed by atoms with Crippen LogP contribution in [0.5, 0.6) is 5.75 Å². The summed E-state index contributed by atoms with van der Waals surface area (Å²) in [5.41, 5.74) is 1.56. The average molecular weight is 278 g/mol. The zero-order valence-electron chi connectivity index (χ0n) is 11.1. The minimum Gasteiger partial charge on any atom is -0.482 e. The molecule has 0 saturated heterocycles. The first-order valence-electron chi connectivity index (χ1n) is 5.96. The quantitative estimate of drug-likeness (QED) is 0.788. The van der Waals surface area contributed by atoms with Gasteiger partial charge in [0.05, 0.1) is 0 Å². The first kappa shape index (κ1) is 13.7. The van der Waals surface area contributed by atoms with E-state index in [2.05, 4.69) is 0 Å². The molecule has 0 aliphatic heterocycles. The van der Waals surface area contributed by atoms with E-state index in [1.54, 1.807) is 23.5 Å². The van der Waals surface area contributed by atoms with Gasteiger partial charge in [0.15, 0.2) is 18.2 Å². The minimum atomic E-state index is -0.448. The second kappa shape index (κ2) is 5.53. The first-order chi connectivity index (χ1) is 8.97. The third-order valence-corrected chi connectivity index (χ3v) is 3.75. The Labute approximate surface area is 115 Å². The van der Waals surface area contributed by atoms with Gasteiger partial charge in [-0.05, 0) is 44.5 Å². The Morgan fingerprint density at radius 2 is 2.00 bits per heavy atom. The Balaban J connectivity index is 2.08. The minimum absolute atomic E-state index is 0.122. The molecule has 100 valence electrons. The molecule has 1 aromatic heterocycles. The number of aryl methyl sites for hydroxylation is 3. The SMILES string of the molecule is Cc1ccc(F)c(OCC(=O)c2cc(C)sc2C)c1. The van der Waals surface area contributed by atoms with Crippen molar-refractivity contribution in [3.05, 3.63) is 51.0 Å². The van der Waals surface area contributed by atoms with Crippen LogP contribution in [-0.4, -0.2) is 12.4 Å². The largest absolute Gasteiger partial charge is 0.482 e. The number of Topliss-reactive ketones (excluding diaryl/α,β-unsaturated/α-hetero) is 1. The van der Waals surface area contributed by atoms with E-state index in [0.717, 1.165) is 15.3 Å². The smallest absolute Gasteiger partial charge is 0.201 e. The van der Waals surface area contributed by atoms with E-state index in [4.69, 9.17) is 4.74 Å². The number of benzene rings is 1. The van der Waals surface area contributed by atoms with Crippen LogP contribution in [0.4, 0.5) is 4.39 Å². The average Bonchev–Trinajstić information content (AvgIpc) is 2.69.